The summed E-state index contributed by atoms with van der Waals surface area (Å²) >= 11 is 0. The summed E-state index contributed by atoms with van der Waals surface area (Å²) in [6.45, 7) is 0. The average molecular weight is 227 g/mol. The van der Waals surface area contributed by atoms with E-state index in [9.17, 15) is 8.78 Å². The quantitative estimate of drug-likeness (QED) is 0.691. The van der Waals surface area contributed by atoms with Gasteiger partial charge in [0.05, 0.1) is 0 Å². The Kier molecular flexibility index (Phi) is 2.29. The summed E-state index contributed by atoms with van der Waals surface area (Å²) in [4.78, 5) is 0. The van der Waals surface area contributed by atoms with Crippen molar-refractivity contribution in [3.05, 3.63) is 83.3 Å². The first kappa shape index (κ1) is 10.2. The Hall–Kier alpha value is -1.96. The molecular weight excluding hydrogens is 218 g/mol. The summed E-state index contributed by atoms with van der Waals surface area (Å²) < 4.78 is 26.1. The van der Waals surface area contributed by atoms with E-state index in [1.165, 1.54) is 6.07 Å². The number of fused-ring (bicyclic) bond motifs is 1. The van der Waals surface area contributed by atoms with Crippen molar-refractivity contribution in [3.8, 4) is 0 Å². The van der Waals surface area contributed by atoms with E-state index >= 15 is 0 Å². The maximum atomic E-state index is 13.2. The molecule has 17 heavy (non-hydrogen) atoms. The second kappa shape index (κ2) is 3.81. The lowest BCUT2D eigenvalue weighted by Gasteiger charge is -2.06. The van der Waals surface area contributed by atoms with E-state index < -0.39 is 11.6 Å². The van der Waals surface area contributed by atoms with Gasteiger partial charge in [0.2, 0.25) is 0 Å². The minimum Gasteiger partial charge on any atom is -0.204 e. The highest BCUT2D eigenvalue weighted by Gasteiger charge is 2.16. The Morgan fingerprint density at radius 2 is 1.65 bits per heavy atom. The Morgan fingerprint density at radius 3 is 2.47 bits per heavy atom. The summed E-state index contributed by atoms with van der Waals surface area (Å²) in [7, 11) is 0. The first-order chi connectivity index (χ1) is 8.25. The molecule has 0 nitrogen and oxygen atoms in total. The van der Waals surface area contributed by atoms with Crippen molar-refractivity contribution in [2.45, 2.75) is 0 Å². The lowest BCUT2D eigenvalue weighted by molar-refractivity contribution is 0.508. The monoisotopic (exact) mass is 227 g/mol. The van der Waals surface area contributed by atoms with Crippen molar-refractivity contribution >= 4 is 5.57 Å². The van der Waals surface area contributed by atoms with Crippen molar-refractivity contribution in [3.63, 3.8) is 0 Å². The summed E-state index contributed by atoms with van der Waals surface area (Å²) in [5.41, 5.74) is 3.79. The van der Waals surface area contributed by atoms with Crippen LogP contribution >= 0.6 is 0 Å². The minimum atomic E-state index is -0.815. The molecule has 0 bridgehead atoms. The highest BCUT2D eigenvalue weighted by atomic mass is 19.2. The molecule has 2 heteroatoms. The molecule has 2 aromatic carbocycles. The van der Waals surface area contributed by atoms with E-state index in [0.717, 1.165) is 22.8 Å². The van der Waals surface area contributed by atoms with Crippen molar-refractivity contribution in [2.75, 3.05) is 0 Å². The minimum absolute atomic E-state index is 0.699. The standard InChI is InChI=1S/C15H9F2/c16-14-8-6-11(9-15(14)17)13-7-5-10-3-1-2-4-12(10)13/h1-9H. The van der Waals surface area contributed by atoms with Gasteiger partial charge in [0.25, 0.3) is 0 Å². The SMILES string of the molecule is Fc1ccc(C2=C[CH]c3ccccc32)cc1F. The van der Waals surface area contributed by atoms with Crippen LogP contribution in [-0.4, -0.2) is 0 Å². The smallest absolute Gasteiger partial charge is 0.159 e. The van der Waals surface area contributed by atoms with Gasteiger partial charge in [-0.2, -0.15) is 0 Å². The predicted molar refractivity (Wildman–Crippen MR) is 63.3 cm³/mol. The molecule has 83 valence electrons. The molecule has 0 saturated heterocycles. The third-order valence-corrected chi connectivity index (χ3v) is 2.91. The van der Waals surface area contributed by atoms with Crippen molar-refractivity contribution in [1.29, 1.82) is 0 Å². The summed E-state index contributed by atoms with van der Waals surface area (Å²) in [6, 6.07) is 11.9. The van der Waals surface area contributed by atoms with Crippen LogP contribution in [0.5, 0.6) is 0 Å². The zero-order chi connectivity index (χ0) is 11.8. The fourth-order valence-corrected chi connectivity index (χ4v) is 2.07. The Bertz CT molecular complexity index is 612. The van der Waals surface area contributed by atoms with Crippen LogP contribution in [0.1, 0.15) is 16.7 Å². The fourth-order valence-electron chi connectivity index (χ4n) is 2.07. The van der Waals surface area contributed by atoms with Gasteiger partial charge >= 0.3 is 0 Å². The van der Waals surface area contributed by atoms with E-state index in [0.29, 0.717) is 5.56 Å². The van der Waals surface area contributed by atoms with E-state index in [4.69, 9.17) is 0 Å². The molecule has 0 amide bonds. The molecule has 0 N–H and O–H groups in total. The van der Waals surface area contributed by atoms with Crippen LogP contribution in [0.3, 0.4) is 0 Å². The van der Waals surface area contributed by atoms with Gasteiger partial charge < -0.3 is 0 Å². The highest BCUT2D eigenvalue weighted by molar-refractivity contribution is 5.87. The van der Waals surface area contributed by atoms with Crippen molar-refractivity contribution < 1.29 is 8.78 Å². The number of allylic oxidation sites excluding steroid dienone is 1. The zero-order valence-electron chi connectivity index (χ0n) is 8.95. The van der Waals surface area contributed by atoms with Gasteiger partial charge in [-0.3, -0.25) is 0 Å². The summed E-state index contributed by atoms with van der Waals surface area (Å²) in [6.07, 6.45) is 3.91. The molecule has 0 spiro atoms. The van der Waals surface area contributed by atoms with E-state index in [1.54, 1.807) is 6.07 Å². The molecule has 0 aromatic heterocycles. The fraction of sp³-hybridized carbons (Fsp3) is 0. The van der Waals surface area contributed by atoms with Gasteiger partial charge in [0, 0.05) is 6.42 Å². The summed E-state index contributed by atoms with van der Waals surface area (Å²) in [5, 5.41) is 0. The molecule has 0 fully saturated rings. The van der Waals surface area contributed by atoms with E-state index in [-0.39, 0.29) is 0 Å². The first-order valence-corrected chi connectivity index (χ1v) is 5.35. The molecule has 3 rings (SSSR count). The van der Waals surface area contributed by atoms with Gasteiger partial charge in [-0.1, -0.05) is 36.4 Å². The molecule has 0 atom stereocenters. The number of hydrogen-bond acceptors (Lipinski definition) is 0. The van der Waals surface area contributed by atoms with Gasteiger partial charge in [0.15, 0.2) is 11.6 Å². The van der Waals surface area contributed by atoms with Crippen LogP contribution < -0.4 is 0 Å². The third-order valence-electron chi connectivity index (χ3n) is 2.91. The largest absolute Gasteiger partial charge is 0.204 e. The van der Waals surface area contributed by atoms with Crippen LogP contribution in [-0.2, 0) is 0 Å². The Labute approximate surface area is 98.2 Å². The maximum absolute atomic E-state index is 13.2. The van der Waals surface area contributed by atoms with Crippen LogP contribution in [0.25, 0.3) is 5.57 Å². The van der Waals surface area contributed by atoms with Crippen LogP contribution in [0, 0.1) is 18.1 Å². The van der Waals surface area contributed by atoms with Gasteiger partial charge in [-0.05, 0) is 34.4 Å². The van der Waals surface area contributed by atoms with E-state index in [1.807, 2.05) is 36.8 Å². The Balaban J connectivity index is 2.10. The first-order valence-electron chi connectivity index (χ1n) is 5.35. The summed E-state index contributed by atoms with van der Waals surface area (Å²) in [5.74, 6) is -1.63. The van der Waals surface area contributed by atoms with Gasteiger partial charge in [-0.15, -0.1) is 0 Å². The number of rotatable bonds is 1. The van der Waals surface area contributed by atoms with Gasteiger partial charge in [-0.25, -0.2) is 8.78 Å². The molecule has 1 radical (unpaired) electrons. The number of halogens is 2. The normalized spacial score (nSPS) is 13.4. The lowest BCUT2D eigenvalue weighted by Crippen LogP contribution is -1.90. The van der Waals surface area contributed by atoms with Crippen molar-refractivity contribution in [2.24, 2.45) is 0 Å². The molecule has 1 aliphatic carbocycles. The van der Waals surface area contributed by atoms with E-state index in [2.05, 4.69) is 0 Å². The zero-order valence-corrected chi connectivity index (χ0v) is 8.95. The number of hydrogen-bond donors (Lipinski definition) is 0. The second-order valence-electron chi connectivity index (χ2n) is 3.96. The molecule has 0 aliphatic heterocycles. The molecule has 0 unspecified atom stereocenters. The van der Waals surface area contributed by atoms with Gasteiger partial charge in [0.1, 0.15) is 0 Å². The average Bonchev–Trinajstić information content (AvgIpc) is 2.76. The molecular formula is C15H9F2. The highest BCUT2D eigenvalue weighted by Crippen LogP contribution is 2.33. The predicted octanol–water partition coefficient (Wildman–Crippen LogP) is 3.96. The maximum Gasteiger partial charge on any atom is 0.159 e. The lowest BCUT2D eigenvalue weighted by atomic mass is 9.99. The molecule has 2 aromatic rings. The van der Waals surface area contributed by atoms with Crippen LogP contribution in [0.4, 0.5) is 8.78 Å². The van der Waals surface area contributed by atoms with Crippen LogP contribution in [0.2, 0.25) is 0 Å². The van der Waals surface area contributed by atoms with Crippen molar-refractivity contribution in [1.82, 2.24) is 0 Å². The molecule has 1 aliphatic rings. The topological polar surface area (TPSA) is 0 Å². The second-order valence-corrected chi connectivity index (χ2v) is 3.96. The Morgan fingerprint density at radius 1 is 0.824 bits per heavy atom. The molecule has 0 heterocycles. The molecule has 0 saturated carbocycles. The van der Waals surface area contributed by atoms with Crippen LogP contribution in [0.15, 0.2) is 48.5 Å². The number of benzene rings is 2. The third kappa shape index (κ3) is 1.66.